The Morgan fingerprint density at radius 2 is 2.24 bits per heavy atom. The number of benzene rings is 1. The third kappa shape index (κ3) is 2.94. The summed E-state index contributed by atoms with van der Waals surface area (Å²) in [5, 5.41) is 10.6. The maximum Gasteiger partial charge on any atom is 0.270 e. The molecule has 0 aromatic heterocycles. The number of carbonyl (C=O) groups excluding carboxylic acids is 1. The molecule has 2 rings (SSSR count). The molecule has 0 bridgehead atoms. The molecule has 1 heterocycles. The number of Topliss-reactive ketones (excluding diaryl/α,β-unsaturated/α-hetero) is 1. The first-order chi connectivity index (χ1) is 8.16. The minimum atomic E-state index is -0.431. The molecule has 0 spiro atoms. The van der Waals surface area contributed by atoms with Crippen molar-refractivity contribution in [1.82, 2.24) is 0 Å². The van der Waals surface area contributed by atoms with Gasteiger partial charge in [0.05, 0.1) is 4.92 Å². The topological polar surface area (TPSA) is 60.2 Å². The van der Waals surface area contributed by atoms with Gasteiger partial charge in [0.25, 0.3) is 5.69 Å². The maximum absolute atomic E-state index is 11.6. The Hall–Kier alpha value is -1.62. The first-order valence-electron chi connectivity index (χ1n) is 5.23. The highest BCUT2D eigenvalue weighted by Gasteiger charge is 2.15. The van der Waals surface area contributed by atoms with Gasteiger partial charge < -0.3 is 0 Å². The number of ketones is 1. The SMILES string of the molecule is O=C1CCSC/C1=C\c1cccc([N+](=O)[O-])c1. The smallest absolute Gasteiger partial charge is 0.270 e. The van der Waals surface area contributed by atoms with Gasteiger partial charge in [0, 0.05) is 35.6 Å². The van der Waals surface area contributed by atoms with Gasteiger partial charge in [-0.15, -0.1) is 0 Å². The second-order valence-electron chi connectivity index (χ2n) is 3.75. The van der Waals surface area contributed by atoms with Crippen molar-refractivity contribution in [2.24, 2.45) is 0 Å². The number of rotatable bonds is 2. The predicted molar refractivity (Wildman–Crippen MR) is 68.0 cm³/mol. The van der Waals surface area contributed by atoms with Crippen LogP contribution in [-0.2, 0) is 4.79 Å². The minimum absolute atomic E-state index is 0.0512. The van der Waals surface area contributed by atoms with E-state index in [1.807, 2.05) is 0 Å². The lowest BCUT2D eigenvalue weighted by Crippen LogP contribution is -2.11. The summed E-state index contributed by atoms with van der Waals surface area (Å²) in [6, 6.07) is 6.33. The second kappa shape index (κ2) is 5.14. The van der Waals surface area contributed by atoms with Crippen LogP contribution in [0.3, 0.4) is 0 Å². The Labute approximate surface area is 103 Å². The third-order valence-corrected chi connectivity index (χ3v) is 3.52. The number of nitro groups is 1. The highest BCUT2D eigenvalue weighted by atomic mass is 32.2. The minimum Gasteiger partial charge on any atom is -0.294 e. The molecule has 0 unspecified atom stereocenters. The average molecular weight is 249 g/mol. The van der Waals surface area contributed by atoms with E-state index in [2.05, 4.69) is 0 Å². The maximum atomic E-state index is 11.6. The molecule has 1 saturated heterocycles. The highest BCUT2D eigenvalue weighted by Crippen LogP contribution is 2.22. The van der Waals surface area contributed by atoms with Crippen LogP contribution in [0.4, 0.5) is 5.69 Å². The molecule has 5 heteroatoms. The van der Waals surface area contributed by atoms with E-state index in [-0.39, 0.29) is 11.5 Å². The summed E-state index contributed by atoms with van der Waals surface area (Å²) in [6.45, 7) is 0. The van der Waals surface area contributed by atoms with Crippen molar-refractivity contribution in [3.05, 3.63) is 45.5 Å². The Bertz CT molecular complexity index is 496. The highest BCUT2D eigenvalue weighted by molar-refractivity contribution is 7.99. The summed E-state index contributed by atoms with van der Waals surface area (Å²) >= 11 is 1.71. The second-order valence-corrected chi connectivity index (χ2v) is 4.85. The van der Waals surface area contributed by atoms with Crippen LogP contribution in [0, 0.1) is 10.1 Å². The summed E-state index contributed by atoms with van der Waals surface area (Å²) in [5.41, 5.74) is 1.52. The quantitative estimate of drug-likeness (QED) is 0.459. The molecule has 4 nitrogen and oxygen atoms in total. The lowest BCUT2D eigenvalue weighted by molar-refractivity contribution is -0.384. The van der Waals surface area contributed by atoms with Gasteiger partial charge in [0.2, 0.25) is 0 Å². The lowest BCUT2D eigenvalue weighted by atomic mass is 10.1. The molecule has 0 saturated carbocycles. The monoisotopic (exact) mass is 249 g/mol. The van der Waals surface area contributed by atoms with Crippen molar-refractivity contribution in [2.75, 3.05) is 11.5 Å². The number of non-ortho nitro benzene ring substituents is 1. The van der Waals surface area contributed by atoms with Crippen LogP contribution < -0.4 is 0 Å². The van der Waals surface area contributed by atoms with Gasteiger partial charge in [-0.2, -0.15) is 11.8 Å². The van der Waals surface area contributed by atoms with E-state index in [4.69, 9.17) is 0 Å². The van der Waals surface area contributed by atoms with Crippen LogP contribution in [0.15, 0.2) is 29.8 Å². The number of nitrogens with zero attached hydrogens (tertiary/aromatic N) is 1. The standard InChI is InChI=1S/C12H11NO3S/c14-12-4-5-17-8-10(12)6-9-2-1-3-11(7-9)13(15)16/h1-3,6-7H,4-5,8H2/b10-6+. The number of carbonyl (C=O) groups is 1. The molecule has 0 radical (unpaired) electrons. The van der Waals surface area contributed by atoms with Gasteiger partial charge in [-0.1, -0.05) is 12.1 Å². The summed E-state index contributed by atoms with van der Waals surface area (Å²) in [6.07, 6.45) is 2.31. The summed E-state index contributed by atoms with van der Waals surface area (Å²) in [5.74, 6) is 1.71. The molecule has 88 valence electrons. The Balaban J connectivity index is 2.28. The molecular weight excluding hydrogens is 238 g/mol. The van der Waals surface area contributed by atoms with Crippen molar-refractivity contribution in [2.45, 2.75) is 6.42 Å². The molecular formula is C12H11NO3S. The van der Waals surface area contributed by atoms with Crippen molar-refractivity contribution in [3.63, 3.8) is 0 Å². The van der Waals surface area contributed by atoms with Gasteiger partial charge in [-0.25, -0.2) is 0 Å². The zero-order chi connectivity index (χ0) is 12.3. The average Bonchev–Trinajstić information content (AvgIpc) is 2.32. The Morgan fingerprint density at radius 3 is 2.94 bits per heavy atom. The van der Waals surface area contributed by atoms with E-state index in [1.165, 1.54) is 12.1 Å². The van der Waals surface area contributed by atoms with Crippen LogP contribution >= 0.6 is 11.8 Å². The molecule has 1 fully saturated rings. The van der Waals surface area contributed by atoms with Crippen molar-refractivity contribution >= 4 is 29.3 Å². The van der Waals surface area contributed by atoms with Gasteiger partial charge in [0.15, 0.2) is 5.78 Å². The van der Waals surface area contributed by atoms with Gasteiger partial charge in [-0.05, 0) is 11.6 Å². The van der Waals surface area contributed by atoms with Gasteiger partial charge in [-0.3, -0.25) is 14.9 Å². The fraction of sp³-hybridized carbons (Fsp3) is 0.250. The fourth-order valence-electron chi connectivity index (χ4n) is 1.64. The summed E-state index contributed by atoms with van der Waals surface area (Å²) in [7, 11) is 0. The largest absolute Gasteiger partial charge is 0.294 e. The zero-order valence-corrected chi connectivity index (χ0v) is 9.90. The molecule has 0 N–H and O–H groups in total. The van der Waals surface area contributed by atoms with E-state index < -0.39 is 4.92 Å². The van der Waals surface area contributed by atoms with Crippen LogP contribution in [0.1, 0.15) is 12.0 Å². The molecule has 0 amide bonds. The molecule has 17 heavy (non-hydrogen) atoms. The van der Waals surface area contributed by atoms with Crippen LogP contribution in [0.2, 0.25) is 0 Å². The van der Waals surface area contributed by atoms with E-state index in [0.717, 1.165) is 11.3 Å². The van der Waals surface area contributed by atoms with Gasteiger partial charge in [0.1, 0.15) is 0 Å². The molecule has 1 aliphatic heterocycles. The first-order valence-corrected chi connectivity index (χ1v) is 6.38. The Morgan fingerprint density at radius 1 is 1.41 bits per heavy atom. The Kier molecular flexibility index (Phi) is 3.58. The number of hydrogen-bond donors (Lipinski definition) is 0. The molecule has 0 atom stereocenters. The molecule has 1 aromatic carbocycles. The predicted octanol–water partition coefficient (Wildman–Crippen LogP) is 2.68. The summed E-state index contributed by atoms with van der Waals surface area (Å²) in [4.78, 5) is 21.8. The van der Waals surface area contributed by atoms with Crippen LogP contribution in [-0.4, -0.2) is 22.2 Å². The zero-order valence-electron chi connectivity index (χ0n) is 9.09. The summed E-state index contributed by atoms with van der Waals surface area (Å²) < 4.78 is 0. The number of thioether (sulfide) groups is 1. The van der Waals surface area contributed by atoms with E-state index in [1.54, 1.807) is 30.0 Å². The van der Waals surface area contributed by atoms with Crippen molar-refractivity contribution < 1.29 is 9.72 Å². The number of nitro benzene ring substituents is 1. The lowest BCUT2D eigenvalue weighted by Gasteiger charge is -2.11. The van der Waals surface area contributed by atoms with Crippen LogP contribution in [0.5, 0.6) is 0 Å². The molecule has 0 aliphatic carbocycles. The molecule has 1 aliphatic rings. The third-order valence-electron chi connectivity index (χ3n) is 2.51. The normalized spacial score (nSPS) is 18.4. The first kappa shape index (κ1) is 11.9. The van der Waals surface area contributed by atoms with Crippen molar-refractivity contribution in [3.8, 4) is 0 Å². The van der Waals surface area contributed by atoms with E-state index >= 15 is 0 Å². The van der Waals surface area contributed by atoms with Gasteiger partial charge >= 0.3 is 0 Å². The van der Waals surface area contributed by atoms with E-state index in [9.17, 15) is 14.9 Å². The van der Waals surface area contributed by atoms with E-state index in [0.29, 0.717) is 17.7 Å². The van der Waals surface area contributed by atoms with Crippen molar-refractivity contribution in [1.29, 1.82) is 0 Å². The molecule has 1 aromatic rings. The number of hydrogen-bond acceptors (Lipinski definition) is 4. The fourth-order valence-corrected chi connectivity index (χ4v) is 2.58. The van der Waals surface area contributed by atoms with Crippen LogP contribution in [0.25, 0.3) is 6.08 Å².